The zero-order valence-electron chi connectivity index (χ0n) is 9.52. The number of hydrogen-bond acceptors (Lipinski definition) is 3. The van der Waals surface area contributed by atoms with Gasteiger partial charge in [0.1, 0.15) is 0 Å². The number of aliphatic hydroxyl groups is 1. The molecular formula is C13H13ClN2O. The molecule has 3 nitrogen and oxygen atoms in total. The summed E-state index contributed by atoms with van der Waals surface area (Å²) in [5, 5.41) is 11.6. The van der Waals surface area contributed by atoms with Crippen molar-refractivity contribution in [2.45, 2.75) is 12.5 Å². The normalized spacial score (nSPS) is 18.2. The first-order valence-electron chi connectivity index (χ1n) is 5.57. The van der Waals surface area contributed by atoms with E-state index in [4.69, 9.17) is 11.6 Å². The van der Waals surface area contributed by atoms with Crippen LogP contribution in [0.5, 0.6) is 0 Å². The molecule has 0 bridgehead atoms. The highest BCUT2D eigenvalue weighted by Crippen LogP contribution is 2.33. The minimum absolute atomic E-state index is 0.567. The number of β-amino-alcohol motifs (C(OH)–C–C–N with tert-alkyl or cyclic N) is 1. The fourth-order valence-corrected chi connectivity index (χ4v) is 2.49. The van der Waals surface area contributed by atoms with E-state index in [1.807, 2.05) is 31.2 Å². The summed E-state index contributed by atoms with van der Waals surface area (Å²) in [7, 11) is 0. The zero-order valence-corrected chi connectivity index (χ0v) is 10.3. The number of aromatic nitrogens is 1. The van der Waals surface area contributed by atoms with E-state index in [1.165, 1.54) is 0 Å². The Morgan fingerprint density at radius 3 is 2.82 bits per heavy atom. The van der Waals surface area contributed by atoms with Crippen LogP contribution in [-0.4, -0.2) is 28.8 Å². The molecule has 88 valence electrons. The van der Waals surface area contributed by atoms with E-state index >= 15 is 0 Å². The number of hydrogen-bond donors (Lipinski definition) is 1. The molecule has 17 heavy (non-hydrogen) atoms. The van der Waals surface area contributed by atoms with Crippen molar-refractivity contribution in [2.75, 3.05) is 18.0 Å². The van der Waals surface area contributed by atoms with Crippen LogP contribution >= 0.6 is 11.6 Å². The van der Waals surface area contributed by atoms with Gasteiger partial charge in [0.25, 0.3) is 0 Å². The molecule has 1 aromatic carbocycles. The van der Waals surface area contributed by atoms with E-state index in [0.717, 1.165) is 16.6 Å². The second kappa shape index (κ2) is 3.59. The van der Waals surface area contributed by atoms with Crippen molar-refractivity contribution >= 4 is 28.2 Å². The highest BCUT2D eigenvalue weighted by molar-refractivity contribution is 6.31. The van der Waals surface area contributed by atoms with Crippen molar-refractivity contribution in [3.8, 4) is 0 Å². The Balaban J connectivity index is 2.06. The molecule has 1 aliphatic rings. The van der Waals surface area contributed by atoms with Crippen LogP contribution in [0.1, 0.15) is 6.92 Å². The first-order valence-corrected chi connectivity index (χ1v) is 5.95. The lowest BCUT2D eigenvalue weighted by Gasteiger charge is -2.46. The predicted octanol–water partition coefficient (Wildman–Crippen LogP) is 2.46. The molecule has 2 aromatic rings. The van der Waals surface area contributed by atoms with Crippen LogP contribution < -0.4 is 4.90 Å². The highest BCUT2D eigenvalue weighted by atomic mass is 35.5. The summed E-state index contributed by atoms with van der Waals surface area (Å²) in [5.74, 6) is 0. The van der Waals surface area contributed by atoms with Gasteiger partial charge in [-0.05, 0) is 31.2 Å². The summed E-state index contributed by atoms with van der Waals surface area (Å²) in [4.78, 5) is 6.46. The third-order valence-electron chi connectivity index (χ3n) is 3.09. The van der Waals surface area contributed by atoms with E-state index in [-0.39, 0.29) is 0 Å². The number of halogens is 1. The number of nitrogens with zero attached hydrogens (tertiary/aromatic N) is 2. The number of rotatable bonds is 1. The molecule has 0 atom stereocenters. The van der Waals surface area contributed by atoms with Crippen molar-refractivity contribution in [3.05, 3.63) is 35.5 Å². The van der Waals surface area contributed by atoms with Crippen LogP contribution in [0.4, 0.5) is 5.69 Å². The largest absolute Gasteiger partial charge is 0.386 e. The lowest BCUT2D eigenvalue weighted by atomic mass is 9.95. The third kappa shape index (κ3) is 1.85. The Labute approximate surface area is 105 Å². The van der Waals surface area contributed by atoms with E-state index in [9.17, 15) is 5.11 Å². The Morgan fingerprint density at radius 2 is 2.12 bits per heavy atom. The van der Waals surface area contributed by atoms with Gasteiger partial charge in [-0.2, -0.15) is 0 Å². The van der Waals surface area contributed by atoms with Gasteiger partial charge in [-0.1, -0.05) is 11.6 Å². The van der Waals surface area contributed by atoms with Gasteiger partial charge in [-0.15, -0.1) is 0 Å². The van der Waals surface area contributed by atoms with Gasteiger partial charge in [-0.25, -0.2) is 0 Å². The smallest absolute Gasteiger partial charge is 0.0967 e. The number of pyridine rings is 1. The average molecular weight is 249 g/mol. The van der Waals surface area contributed by atoms with Crippen LogP contribution in [0.3, 0.4) is 0 Å². The van der Waals surface area contributed by atoms with Gasteiger partial charge in [0, 0.05) is 35.4 Å². The van der Waals surface area contributed by atoms with Crippen molar-refractivity contribution in [2.24, 2.45) is 0 Å². The van der Waals surface area contributed by atoms with E-state index < -0.39 is 5.60 Å². The Bertz CT molecular complexity index is 575. The fraction of sp³-hybridized carbons (Fsp3) is 0.308. The summed E-state index contributed by atoms with van der Waals surface area (Å²) < 4.78 is 0. The van der Waals surface area contributed by atoms with Crippen LogP contribution in [0.15, 0.2) is 30.5 Å². The summed E-state index contributed by atoms with van der Waals surface area (Å²) >= 11 is 5.95. The molecule has 1 aromatic heterocycles. The molecule has 0 amide bonds. The highest BCUT2D eigenvalue weighted by Gasteiger charge is 2.37. The summed E-state index contributed by atoms with van der Waals surface area (Å²) in [6.45, 7) is 3.17. The van der Waals surface area contributed by atoms with E-state index in [0.29, 0.717) is 18.1 Å². The van der Waals surface area contributed by atoms with E-state index in [2.05, 4.69) is 9.88 Å². The number of anilines is 1. The summed E-state index contributed by atoms with van der Waals surface area (Å²) in [5.41, 5.74) is 1.43. The maximum absolute atomic E-state index is 9.78. The molecule has 3 rings (SSSR count). The molecule has 1 N–H and O–H groups in total. The second-order valence-corrected chi connectivity index (χ2v) is 5.28. The molecule has 0 aliphatic carbocycles. The van der Waals surface area contributed by atoms with Gasteiger partial charge in [0.15, 0.2) is 0 Å². The molecule has 4 heteroatoms. The van der Waals surface area contributed by atoms with Crippen LogP contribution in [0.25, 0.3) is 10.9 Å². The first kappa shape index (κ1) is 10.8. The standard InChI is InChI=1S/C13H13ClN2O/c1-13(17)7-16(8-13)12-4-5-15-11-6-9(14)2-3-10(11)12/h2-6,17H,7-8H2,1H3. The van der Waals surface area contributed by atoms with E-state index in [1.54, 1.807) is 6.20 Å². The molecule has 2 heterocycles. The number of benzene rings is 1. The molecule has 1 saturated heterocycles. The van der Waals surface area contributed by atoms with Crippen molar-refractivity contribution in [1.82, 2.24) is 4.98 Å². The molecule has 1 fully saturated rings. The second-order valence-electron chi connectivity index (χ2n) is 4.84. The Hall–Kier alpha value is -1.32. The monoisotopic (exact) mass is 248 g/mol. The SMILES string of the molecule is CC1(O)CN(c2ccnc3cc(Cl)ccc23)C1. The van der Waals surface area contributed by atoms with Gasteiger partial charge in [-0.3, -0.25) is 4.98 Å². The predicted molar refractivity (Wildman–Crippen MR) is 69.6 cm³/mol. The first-order chi connectivity index (χ1) is 8.05. The topological polar surface area (TPSA) is 36.4 Å². The minimum atomic E-state index is -0.567. The van der Waals surface area contributed by atoms with Gasteiger partial charge < -0.3 is 10.0 Å². The van der Waals surface area contributed by atoms with Crippen LogP contribution in [0, 0.1) is 0 Å². The Morgan fingerprint density at radius 1 is 1.35 bits per heavy atom. The molecule has 1 aliphatic heterocycles. The molecule has 0 saturated carbocycles. The minimum Gasteiger partial charge on any atom is -0.386 e. The van der Waals surface area contributed by atoms with Crippen LogP contribution in [0.2, 0.25) is 5.02 Å². The average Bonchev–Trinajstić information content (AvgIpc) is 2.24. The lowest BCUT2D eigenvalue weighted by molar-refractivity contribution is 0.0312. The Kier molecular flexibility index (Phi) is 2.28. The van der Waals surface area contributed by atoms with Gasteiger partial charge in [0.2, 0.25) is 0 Å². The van der Waals surface area contributed by atoms with Crippen molar-refractivity contribution < 1.29 is 5.11 Å². The third-order valence-corrected chi connectivity index (χ3v) is 3.32. The zero-order chi connectivity index (χ0) is 12.0. The molecule has 0 spiro atoms. The maximum atomic E-state index is 9.78. The fourth-order valence-electron chi connectivity index (χ4n) is 2.33. The van der Waals surface area contributed by atoms with Crippen molar-refractivity contribution in [1.29, 1.82) is 0 Å². The van der Waals surface area contributed by atoms with Crippen LogP contribution in [-0.2, 0) is 0 Å². The molecule has 0 radical (unpaired) electrons. The lowest BCUT2D eigenvalue weighted by Crippen LogP contribution is -2.60. The van der Waals surface area contributed by atoms with Gasteiger partial charge in [0.05, 0.1) is 11.1 Å². The summed E-state index contributed by atoms with van der Waals surface area (Å²) in [6, 6.07) is 7.68. The quantitative estimate of drug-likeness (QED) is 0.842. The number of fused-ring (bicyclic) bond motifs is 1. The summed E-state index contributed by atoms with van der Waals surface area (Å²) in [6.07, 6.45) is 1.78. The van der Waals surface area contributed by atoms with Gasteiger partial charge >= 0.3 is 0 Å². The van der Waals surface area contributed by atoms with Crippen molar-refractivity contribution in [3.63, 3.8) is 0 Å². The molecule has 0 unspecified atom stereocenters. The molecular weight excluding hydrogens is 236 g/mol. The maximum Gasteiger partial charge on any atom is 0.0967 e.